The Morgan fingerprint density at radius 2 is 1.55 bits per heavy atom. The van der Waals surface area contributed by atoms with Gasteiger partial charge < -0.3 is 10.1 Å². The summed E-state index contributed by atoms with van der Waals surface area (Å²) in [5.74, 6) is 0.542. The van der Waals surface area contributed by atoms with E-state index in [9.17, 15) is 18.0 Å². The highest BCUT2D eigenvalue weighted by molar-refractivity contribution is 5.83. The molecule has 2 N–H and O–H groups in total. The number of likely N-dealkylation sites (N-methyl/N-ethyl adjacent to an activating group) is 1. The smallest absolute Gasteiger partial charge is 0.416 e. The quantitative estimate of drug-likeness (QED) is 0.449. The van der Waals surface area contributed by atoms with Gasteiger partial charge in [0, 0.05) is 13.1 Å². The molecule has 0 aliphatic heterocycles. The van der Waals surface area contributed by atoms with E-state index >= 15 is 0 Å². The monoisotopic (exact) mass is 456 g/mol. The molecule has 0 aromatic heterocycles. The number of aryl methyl sites for hydroxylation is 1. The summed E-state index contributed by atoms with van der Waals surface area (Å²) in [6.07, 6.45) is -3.24. The number of carbonyl (C=O) groups excluding carboxylic acids is 1. The first-order chi connectivity index (χ1) is 15.8. The second kappa shape index (κ2) is 11.0. The molecule has 1 amide bonds. The van der Waals surface area contributed by atoms with Crippen molar-refractivity contribution in [3.05, 3.63) is 101 Å². The zero-order valence-corrected chi connectivity index (χ0v) is 18.5. The largest absolute Gasteiger partial charge is 0.497 e. The minimum absolute atomic E-state index is 0.172. The van der Waals surface area contributed by atoms with Crippen LogP contribution in [0.3, 0.4) is 0 Å². The van der Waals surface area contributed by atoms with Gasteiger partial charge in [-0.1, -0.05) is 54.6 Å². The van der Waals surface area contributed by atoms with E-state index in [1.807, 2.05) is 54.6 Å². The number of carbonyl (C=O) groups is 1. The molecule has 3 rings (SSSR count). The average Bonchev–Trinajstić information content (AvgIpc) is 2.84. The fourth-order valence-electron chi connectivity index (χ4n) is 3.67. The second-order valence-electron chi connectivity index (χ2n) is 7.68. The predicted octanol–water partition coefficient (Wildman–Crippen LogP) is 5.46. The average molecular weight is 457 g/mol. The van der Waals surface area contributed by atoms with Crippen LogP contribution in [0.2, 0.25) is 0 Å². The number of rotatable bonds is 9. The maximum absolute atomic E-state index is 12.9. The lowest BCUT2D eigenvalue weighted by molar-refractivity contribution is -0.137. The number of amides is 1. The molecule has 33 heavy (non-hydrogen) atoms. The summed E-state index contributed by atoms with van der Waals surface area (Å²) >= 11 is 0. The standard InChI is InChI=1S/C26H27F3N2O2/c1-30-25(32)24(20-6-4-3-5-7-20)31-23(19-11-15-22(33-2)16-12-19)17-10-18-8-13-21(14-9-18)26(27,28)29/h3-9,11-16,23-24,31H,10,17H2,1-2H3,(H,30,32)/t23-,24-/m1/s1. The molecule has 0 unspecified atom stereocenters. The SMILES string of the molecule is CNC(=O)[C@H](N[C@H](CCc1ccc(C(F)(F)F)cc1)c1ccc(OC)cc1)c1ccccc1. The number of benzene rings is 3. The molecule has 0 aliphatic rings. The van der Waals surface area contributed by atoms with E-state index in [0.717, 1.165) is 28.8 Å². The van der Waals surface area contributed by atoms with Crippen molar-refractivity contribution < 1.29 is 22.7 Å². The lowest BCUT2D eigenvalue weighted by atomic mass is 9.96. The summed E-state index contributed by atoms with van der Waals surface area (Å²) in [5.41, 5.74) is 1.90. The highest BCUT2D eigenvalue weighted by Gasteiger charge is 2.30. The number of methoxy groups -OCH3 is 1. The molecule has 0 bridgehead atoms. The van der Waals surface area contributed by atoms with Gasteiger partial charge in [-0.2, -0.15) is 13.2 Å². The number of hydrogen-bond acceptors (Lipinski definition) is 3. The Morgan fingerprint density at radius 3 is 2.09 bits per heavy atom. The molecule has 3 aromatic rings. The van der Waals surface area contributed by atoms with Gasteiger partial charge in [-0.25, -0.2) is 0 Å². The summed E-state index contributed by atoms with van der Waals surface area (Å²) in [5, 5.41) is 6.15. The Kier molecular flexibility index (Phi) is 8.11. The van der Waals surface area contributed by atoms with E-state index < -0.39 is 17.8 Å². The number of nitrogens with one attached hydrogen (secondary N) is 2. The van der Waals surface area contributed by atoms with Crippen LogP contribution in [0.4, 0.5) is 13.2 Å². The van der Waals surface area contributed by atoms with Gasteiger partial charge in [-0.05, 0) is 53.8 Å². The first kappa shape index (κ1) is 24.3. The van der Waals surface area contributed by atoms with Gasteiger partial charge in [-0.3, -0.25) is 10.1 Å². The summed E-state index contributed by atoms with van der Waals surface area (Å²) in [4.78, 5) is 12.7. The molecule has 3 aromatic carbocycles. The van der Waals surface area contributed by atoms with E-state index in [-0.39, 0.29) is 11.9 Å². The van der Waals surface area contributed by atoms with E-state index in [4.69, 9.17) is 4.74 Å². The molecule has 7 heteroatoms. The second-order valence-corrected chi connectivity index (χ2v) is 7.68. The first-order valence-electron chi connectivity index (χ1n) is 10.6. The van der Waals surface area contributed by atoms with Crippen LogP contribution in [-0.4, -0.2) is 20.1 Å². The Hall–Kier alpha value is -3.32. The molecular weight excluding hydrogens is 429 g/mol. The minimum Gasteiger partial charge on any atom is -0.497 e. The maximum Gasteiger partial charge on any atom is 0.416 e. The number of hydrogen-bond donors (Lipinski definition) is 2. The zero-order valence-electron chi connectivity index (χ0n) is 18.5. The molecular formula is C26H27F3N2O2. The van der Waals surface area contributed by atoms with E-state index in [2.05, 4.69) is 10.6 Å². The van der Waals surface area contributed by atoms with Crippen LogP contribution < -0.4 is 15.4 Å². The third-order valence-electron chi connectivity index (χ3n) is 5.53. The van der Waals surface area contributed by atoms with Crippen molar-refractivity contribution in [3.63, 3.8) is 0 Å². The Balaban J connectivity index is 1.84. The van der Waals surface area contributed by atoms with Gasteiger partial charge in [0.2, 0.25) is 5.91 Å². The molecule has 0 spiro atoms. The van der Waals surface area contributed by atoms with Crippen molar-refractivity contribution in [1.29, 1.82) is 0 Å². The molecule has 0 saturated carbocycles. The molecule has 0 radical (unpaired) electrons. The van der Waals surface area contributed by atoms with Crippen LogP contribution in [0.25, 0.3) is 0 Å². The van der Waals surface area contributed by atoms with Crippen molar-refractivity contribution in [2.24, 2.45) is 0 Å². The van der Waals surface area contributed by atoms with Crippen molar-refractivity contribution in [2.45, 2.75) is 31.1 Å². The summed E-state index contributed by atoms with van der Waals surface area (Å²) in [6.45, 7) is 0. The van der Waals surface area contributed by atoms with E-state index in [1.165, 1.54) is 12.1 Å². The Bertz CT molecular complexity index is 1020. The molecule has 2 atom stereocenters. The lowest BCUT2D eigenvalue weighted by Gasteiger charge is -2.26. The normalized spacial score (nSPS) is 13.2. The molecule has 174 valence electrons. The zero-order chi connectivity index (χ0) is 23.8. The van der Waals surface area contributed by atoms with Crippen LogP contribution in [0.15, 0.2) is 78.9 Å². The summed E-state index contributed by atoms with van der Waals surface area (Å²) in [6, 6.07) is 21.3. The molecule has 0 heterocycles. The van der Waals surface area contributed by atoms with Gasteiger partial charge in [0.15, 0.2) is 0 Å². The molecule has 4 nitrogen and oxygen atoms in total. The van der Waals surface area contributed by atoms with Crippen LogP contribution in [-0.2, 0) is 17.4 Å². The van der Waals surface area contributed by atoms with Crippen LogP contribution in [0.1, 0.15) is 40.8 Å². The molecule has 0 aliphatic carbocycles. The minimum atomic E-state index is -4.36. The highest BCUT2D eigenvalue weighted by atomic mass is 19.4. The van der Waals surface area contributed by atoms with Gasteiger partial charge in [0.05, 0.1) is 12.7 Å². The third-order valence-corrected chi connectivity index (χ3v) is 5.53. The third kappa shape index (κ3) is 6.58. The Morgan fingerprint density at radius 1 is 0.909 bits per heavy atom. The van der Waals surface area contributed by atoms with E-state index in [0.29, 0.717) is 18.6 Å². The number of alkyl halides is 3. The molecule has 0 fully saturated rings. The topological polar surface area (TPSA) is 50.4 Å². The van der Waals surface area contributed by atoms with Gasteiger partial charge >= 0.3 is 6.18 Å². The fourth-order valence-corrected chi connectivity index (χ4v) is 3.67. The van der Waals surface area contributed by atoms with Gasteiger partial charge in [-0.15, -0.1) is 0 Å². The fraction of sp³-hybridized carbons (Fsp3) is 0.269. The van der Waals surface area contributed by atoms with Gasteiger partial charge in [0.1, 0.15) is 11.8 Å². The van der Waals surface area contributed by atoms with Crippen molar-refractivity contribution >= 4 is 5.91 Å². The maximum atomic E-state index is 12.9. The van der Waals surface area contributed by atoms with E-state index in [1.54, 1.807) is 14.2 Å². The Labute approximate surface area is 191 Å². The van der Waals surface area contributed by atoms with Crippen molar-refractivity contribution in [3.8, 4) is 5.75 Å². The van der Waals surface area contributed by atoms with Crippen LogP contribution in [0, 0.1) is 0 Å². The summed E-state index contributed by atoms with van der Waals surface area (Å²) in [7, 11) is 3.18. The van der Waals surface area contributed by atoms with Crippen molar-refractivity contribution in [2.75, 3.05) is 14.2 Å². The predicted molar refractivity (Wildman–Crippen MR) is 122 cm³/mol. The lowest BCUT2D eigenvalue weighted by Crippen LogP contribution is -2.38. The van der Waals surface area contributed by atoms with Gasteiger partial charge in [0.25, 0.3) is 0 Å². The van der Waals surface area contributed by atoms with Crippen LogP contribution in [0.5, 0.6) is 5.75 Å². The highest BCUT2D eigenvalue weighted by Crippen LogP contribution is 2.30. The first-order valence-corrected chi connectivity index (χ1v) is 10.6. The number of halogens is 3. The number of ether oxygens (including phenoxy) is 1. The summed E-state index contributed by atoms with van der Waals surface area (Å²) < 4.78 is 43.9. The van der Waals surface area contributed by atoms with Crippen LogP contribution >= 0.6 is 0 Å². The van der Waals surface area contributed by atoms with Crippen molar-refractivity contribution in [1.82, 2.24) is 10.6 Å². The molecule has 0 saturated heterocycles.